The van der Waals surface area contributed by atoms with Gasteiger partial charge in [0, 0.05) is 21.3 Å². The maximum atomic E-state index is 5.99. The summed E-state index contributed by atoms with van der Waals surface area (Å²) in [5.41, 5.74) is 1.18. The Morgan fingerprint density at radius 1 is 1.29 bits per heavy atom. The van der Waals surface area contributed by atoms with E-state index in [-0.39, 0.29) is 0 Å². The van der Waals surface area contributed by atoms with Gasteiger partial charge in [-0.1, -0.05) is 29.8 Å². The molecule has 1 nitrogen and oxygen atoms in total. The van der Waals surface area contributed by atoms with Crippen molar-refractivity contribution >= 4 is 29.0 Å². The molecular weight excluding hydrogens is 250 g/mol. The highest BCUT2D eigenvalue weighted by atomic mass is 35.5. The highest BCUT2D eigenvalue weighted by Crippen LogP contribution is 2.30. The van der Waals surface area contributed by atoms with Crippen LogP contribution in [0.2, 0.25) is 5.02 Å². The third kappa shape index (κ3) is 3.43. The smallest absolute Gasteiger partial charge is 0.0412 e. The third-order valence-corrected chi connectivity index (χ3v) is 3.67. The summed E-state index contributed by atoms with van der Waals surface area (Å²) in [4.78, 5) is 2.51. The normalized spacial score (nSPS) is 11.2. The number of halogens is 1. The Kier molecular flexibility index (Phi) is 4.37. The van der Waals surface area contributed by atoms with E-state index in [1.807, 2.05) is 25.2 Å². The van der Waals surface area contributed by atoms with Crippen molar-refractivity contribution in [2.24, 2.45) is 0 Å². The zero-order valence-electron chi connectivity index (χ0n) is 9.61. The first-order chi connectivity index (χ1) is 8.29. The molecule has 1 N–H and O–H groups in total. The number of thiophene rings is 1. The van der Waals surface area contributed by atoms with E-state index < -0.39 is 0 Å². The summed E-state index contributed by atoms with van der Waals surface area (Å²) < 4.78 is 0. The molecule has 0 saturated heterocycles. The summed E-state index contributed by atoms with van der Waals surface area (Å²) in [6.45, 7) is 0.893. The van der Waals surface area contributed by atoms with Gasteiger partial charge in [-0.2, -0.15) is 0 Å². The molecule has 0 bridgehead atoms. The maximum Gasteiger partial charge on any atom is 0.0412 e. The molecule has 0 aliphatic rings. The minimum Gasteiger partial charge on any atom is -0.316 e. The SMILES string of the molecule is CNCC=Cc1ccc(-c2cccc(Cl)c2)s1. The standard InChI is InChI=1S/C14H14ClNS/c1-16-9-3-6-13-7-8-14(17-13)11-4-2-5-12(15)10-11/h2-8,10,16H,9H2,1H3. The van der Waals surface area contributed by atoms with Gasteiger partial charge < -0.3 is 5.32 Å². The quantitative estimate of drug-likeness (QED) is 0.867. The van der Waals surface area contributed by atoms with Crippen LogP contribution in [-0.2, 0) is 0 Å². The molecule has 2 rings (SSSR count). The van der Waals surface area contributed by atoms with E-state index in [0.29, 0.717) is 0 Å². The molecule has 0 aliphatic carbocycles. The van der Waals surface area contributed by atoms with E-state index in [2.05, 4.69) is 35.7 Å². The molecule has 1 aromatic carbocycles. The minimum atomic E-state index is 0.781. The minimum absolute atomic E-state index is 0.781. The Morgan fingerprint density at radius 3 is 2.94 bits per heavy atom. The summed E-state index contributed by atoms with van der Waals surface area (Å²) in [5.74, 6) is 0. The lowest BCUT2D eigenvalue weighted by Gasteiger charge is -1.96. The molecule has 1 aromatic heterocycles. The predicted molar refractivity (Wildman–Crippen MR) is 77.7 cm³/mol. The summed E-state index contributed by atoms with van der Waals surface area (Å²) in [6, 6.07) is 12.2. The van der Waals surface area contributed by atoms with Crippen LogP contribution in [0.15, 0.2) is 42.5 Å². The fourth-order valence-corrected chi connectivity index (χ4v) is 2.66. The number of hydrogen-bond donors (Lipinski definition) is 1. The first kappa shape index (κ1) is 12.4. The molecule has 0 fully saturated rings. The highest BCUT2D eigenvalue weighted by Gasteiger charge is 2.01. The van der Waals surface area contributed by atoms with Crippen molar-refractivity contribution in [1.82, 2.24) is 5.32 Å². The Labute approximate surface area is 111 Å². The summed E-state index contributed by atoms with van der Waals surface area (Å²) in [6.07, 6.45) is 4.25. The van der Waals surface area contributed by atoms with Crippen LogP contribution in [0.4, 0.5) is 0 Å². The van der Waals surface area contributed by atoms with Crippen molar-refractivity contribution in [3.8, 4) is 10.4 Å². The Morgan fingerprint density at radius 2 is 2.18 bits per heavy atom. The van der Waals surface area contributed by atoms with E-state index in [4.69, 9.17) is 11.6 Å². The second-order valence-corrected chi connectivity index (χ2v) is 5.22. The lowest BCUT2D eigenvalue weighted by atomic mass is 10.2. The van der Waals surface area contributed by atoms with E-state index >= 15 is 0 Å². The third-order valence-electron chi connectivity index (χ3n) is 2.34. The highest BCUT2D eigenvalue weighted by molar-refractivity contribution is 7.16. The molecule has 88 valence electrons. The first-order valence-corrected chi connectivity index (χ1v) is 6.66. The summed E-state index contributed by atoms with van der Waals surface area (Å²) in [5, 5.41) is 3.86. The van der Waals surface area contributed by atoms with E-state index in [0.717, 1.165) is 11.6 Å². The molecule has 0 amide bonds. The van der Waals surface area contributed by atoms with Gasteiger partial charge in [-0.3, -0.25) is 0 Å². The largest absolute Gasteiger partial charge is 0.316 e. The Hall–Kier alpha value is -1.09. The molecule has 3 heteroatoms. The summed E-state index contributed by atoms with van der Waals surface area (Å²) >= 11 is 7.76. The van der Waals surface area contributed by atoms with Gasteiger partial charge in [0.05, 0.1) is 0 Å². The maximum absolute atomic E-state index is 5.99. The second-order valence-electron chi connectivity index (χ2n) is 3.67. The van der Waals surface area contributed by atoms with Gasteiger partial charge in [-0.15, -0.1) is 11.3 Å². The van der Waals surface area contributed by atoms with Crippen LogP contribution in [0.1, 0.15) is 4.88 Å². The van der Waals surface area contributed by atoms with Gasteiger partial charge in [0.1, 0.15) is 0 Å². The Bertz CT molecular complexity index is 516. The Balaban J connectivity index is 2.18. The van der Waals surface area contributed by atoms with Gasteiger partial charge in [0.15, 0.2) is 0 Å². The average Bonchev–Trinajstić information content (AvgIpc) is 2.78. The van der Waals surface area contributed by atoms with Crippen molar-refractivity contribution in [3.05, 3.63) is 52.4 Å². The van der Waals surface area contributed by atoms with Crippen molar-refractivity contribution in [2.45, 2.75) is 0 Å². The molecule has 0 aliphatic heterocycles. The van der Waals surface area contributed by atoms with Crippen LogP contribution in [0, 0.1) is 0 Å². The van der Waals surface area contributed by atoms with Gasteiger partial charge in [0.2, 0.25) is 0 Å². The average molecular weight is 264 g/mol. The van der Waals surface area contributed by atoms with Crippen LogP contribution in [0.3, 0.4) is 0 Å². The molecule has 0 unspecified atom stereocenters. The zero-order chi connectivity index (χ0) is 12.1. The van der Waals surface area contributed by atoms with E-state index in [1.165, 1.54) is 15.3 Å². The number of benzene rings is 1. The number of nitrogens with one attached hydrogen (secondary N) is 1. The van der Waals surface area contributed by atoms with Crippen molar-refractivity contribution in [3.63, 3.8) is 0 Å². The number of likely N-dealkylation sites (N-methyl/N-ethyl adjacent to an activating group) is 1. The first-order valence-electron chi connectivity index (χ1n) is 5.46. The fourth-order valence-electron chi connectivity index (χ4n) is 1.53. The molecule has 0 atom stereocenters. The van der Waals surface area contributed by atoms with Crippen molar-refractivity contribution in [2.75, 3.05) is 13.6 Å². The van der Waals surface area contributed by atoms with E-state index in [1.54, 1.807) is 11.3 Å². The topological polar surface area (TPSA) is 12.0 Å². The lowest BCUT2D eigenvalue weighted by molar-refractivity contribution is 0.922. The van der Waals surface area contributed by atoms with Gasteiger partial charge >= 0.3 is 0 Å². The predicted octanol–water partition coefficient (Wildman–Crippen LogP) is 4.30. The molecule has 1 heterocycles. The zero-order valence-corrected chi connectivity index (χ0v) is 11.2. The van der Waals surface area contributed by atoms with Gasteiger partial charge in [0.25, 0.3) is 0 Å². The fraction of sp³-hybridized carbons (Fsp3) is 0.143. The van der Waals surface area contributed by atoms with Gasteiger partial charge in [-0.05, 0) is 43.0 Å². The van der Waals surface area contributed by atoms with E-state index in [9.17, 15) is 0 Å². The summed E-state index contributed by atoms with van der Waals surface area (Å²) in [7, 11) is 1.94. The molecule has 17 heavy (non-hydrogen) atoms. The van der Waals surface area contributed by atoms with Crippen LogP contribution in [0.5, 0.6) is 0 Å². The molecular formula is C14H14ClNS. The van der Waals surface area contributed by atoms with Crippen LogP contribution < -0.4 is 5.32 Å². The van der Waals surface area contributed by atoms with Crippen LogP contribution >= 0.6 is 22.9 Å². The number of rotatable bonds is 4. The second kappa shape index (κ2) is 6.01. The lowest BCUT2D eigenvalue weighted by Crippen LogP contribution is -2.03. The van der Waals surface area contributed by atoms with Crippen LogP contribution in [0.25, 0.3) is 16.5 Å². The molecule has 0 spiro atoms. The molecule has 0 saturated carbocycles. The van der Waals surface area contributed by atoms with Crippen LogP contribution in [-0.4, -0.2) is 13.6 Å². The molecule has 0 radical (unpaired) electrons. The van der Waals surface area contributed by atoms with Crippen molar-refractivity contribution in [1.29, 1.82) is 0 Å². The molecule has 2 aromatic rings. The number of hydrogen-bond acceptors (Lipinski definition) is 2. The van der Waals surface area contributed by atoms with Gasteiger partial charge in [-0.25, -0.2) is 0 Å². The van der Waals surface area contributed by atoms with Crippen molar-refractivity contribution < 1.29 is 0 Å². The monoisotopic (exact) mass is 263 g/mol.